The van der Waals surface area contributed by atoms with Crippen LogP contribution in [0.3, 0.4) is 0 Å². The van der Waals surface area contributed by atoms with E-state index in [1.165, 1.54) is 18.3 Å². The average Bonchev–Trinajstić information content (AvgIpc) is 2.68. The molecule has 0 aromatic heterocycles. The maximum absolute atomic E-state index is 12.7. The van der Waals surface area contributed by atoms with Crippen molar-refractivity contribution in [2.24, 2.45) is 5.10 Å². The Morgan fingerprint density at radius 2 is 1.63 bits per heavy atom. The van der Waals surface area contributed by atoms with Gasteiger partial charge in [-0.05, 0) is 53.6 Å². The van der Waals surface area contributed by atoms with Crippen molar-refractivity contribution >= 4 is 11.9 Å². The summed E-state index contributed by atoms with van der Waals surface area (Å²) in [6.07, 6.45) is -2.85. The number of hydrogen-bond acceptors (Lipinski definition) is 3. The molecule has 0 radical (unpaired) electrons. The fraction of sp³-hybridized carbons (Fsp3) is 0.0952. The van der Waals surface area contributed by atoms with E-state index in [0.29, 0.717) is 6.61 Å². The highest BCUT2D eigenvalue weighted by molar-refractivity contribution is 5.80. The molecular weight excluding hydrogens is 353 g/mol. The molecule has 3 rings (SSSR count). The highest BCUT2D eigenvalue weighted by Crippen LogP contribution is 2.30. The third kappa shape index (κ3) is 5.60. The van der Waals surface area contributed by atoms with E-state index in [0.717, 1.165) is 29.0 Å². The molecule has 138 valence electrons. The summed E-state index contributed by atoms with van der Waals surface area (Å²) in [5.41, 5.74) is 4.02. The van der Waals surface area contributed by atoms with Crippen LogP contribution in [0.4, 0.5) is 18.9 Å². The second-order valence-corrected chi connectivity index (χ2v) is 5.79. The molecule has 0 saturated heterocycles. The minimum atomic E-state index is -4.38. The van der Waals surface area contributed by atoms with E-state index >= 15 is 0 Å². The number of hydrazone groups is 1. The third-order valence-electron chi connectivity index (χ3n) is 3.73. The molecule has 0 aliphatic heterocycles. The van der Waals surface area contributed by atoms with E-state index in [2.05, 4.69) is 10.5 Å². The Hall–Kier alpha value is -3.28. The standard InChI is InChI=1S/C21H17F3N2O/c22-21(23,24)18-7-4-8-19(13-18)26-25-14-16-9-11-20(12-10-16)27-15-17-5-2-1-3-6-17/h1-14,26H,15H2. The van der Waals surface area contributed by atoms with Gasteiger partial charge in [0.05, 0.1) is 17.5 Å². The van der Waals surface area contributed by atoms with Gasteiger partial charge in [-0.1, -0.05) is 36.4 Å². The first kappa shape index (κ1) is 18.5. The van der Waals surface area contributed by atoms with Gasteiger partial charge in [0.2, 0.25) is 0 Å². The first-order chi connectivity index (χ1) is 13.0. The molecular formula is C21H17F3N2O. The molecule has 0 saturated carbocycles. The lowest BCUT2D eigenvalue weighted by Gasteiger charge is -2.08. The monoisotopic (exact) mass is 370 g/mol. The van der Waals surface area contributed by atoms with Crippen molar-refractivity contribution in [3.05, 3.63) is 95.6 Å². The van der Waals surface area contributed by atoms with Crippen LogP contribution in [0, 0.1) is 0 Å². The molecule has 0 atom stereocenters. The summed E-state index contributed by atoms with van der Waals surface area (Å²) in [4.78, 5) is 0. The minimum absolute atomic E-state index is 0.267. The zero-order valence-corrected chi connectivity index (χ0v) is 14.3. The van der Waals surface area contributed by atoms with Crippen molar-refractivity contribution in [3.63, 3.8) is 0 Å². The average molecular weight is 370 g/mol. The highest BCUT2D eigenvalue weighted by Gasteiger charge is 2.30. The number of halogens is 3. The van der Waals surface area contributed by atoms with Gasteiger partial charge >= 0.3 is 6.18 Å². The molecule has 6 heteroatoms. The summed E-state index contributed by atoms with van der Waals surface area (Å²) in [7, 11) is 0. The summed E-state index contributed by atoms with van der Waals surface area (Å²) in [5.74, 6) is 0.724. The highest BCUT2D eigenvalue weighted by atomic mass is 19.4. The van der Waals surface area contributed by atoms with Gasteiger partial charge in [-0.15, -0.1) is 0 Å². The Balaban J connectivity index is 1.55. The van der Waals surface area contributed by atoms with E-state index in [9.17, 15) is 13.2 Å². The van der Waals surface area contributed by atoms with Gasteiger partial charge in [0, 0.05) is 0 Å². The van der Waals surface area contributed by atoms with Crippen LogP contribution in [0.1, 0.15) is 16.7 Å². The largest absolute Gasteiger partial charge is 0.489 e. The molecule has 0 aliphatic rings. The lowest BCUT2D eigenvalue weighted by atomic mass is 10.2. The number of nitrogens with zero attached hydrogens (tertiary/aromatic N) is 1. The van der Waals surface area contributed by atoms with Crippen LogP contribution in [0.5, 0.6) is 5.75 Å². The Morgan fingerprint density at radius 3 is 2.33 bits per heavy atom. The maximum Gasteiger partial charge on any atom is 0.416 e. The number of ether oxygens (including phenoxy) is 1. The number of alkyl halides is 3. The summed E-state index contributed by atoms with van der Waals surface area (Å²) in [5, 5.41) is 3.98. The minimum Gasteiger partial charge on any atom is -0.489 e. The second-order valence-electron chi connectivity index (χ2n) is 5.79. The van der Waals surface area contributed by atoms with Crippen molar-refractivity contribution in [2.45, 2.75) is 12.8 Å². The molecule has 0 unspecified atom stereocenters. The van der Waals surface area contributed by atoms with Crippen LogP contribution in [0.15, 0.2) is 84.0 Å². The predicted octanol–water partition coefficient (Wildman–Crippen LogP) is 5.73. The molecule has 3 aromatic rings. The Kier molecular flexibility index (Phi) is 5.76. The molecule has 0 amide bonds. The lowest BCUT2D eigenvalue weighted by molar-refractivity contribution is -0.137. The van der Waals surface area contributed by atoms with Gasteiger partial charge in [-0.2, -0.15) is 18.3 Å². The molecule has 3 nitrogen and oxygen atoms in total. The number of benzene rings is 3. The van der Waals surface area contributed by atoms with E-state index in [1.807, 2.05) is 54.6 Å². The van der Waals surface area contributed by atoms with Crippen LogP contribution >= 0.6 is 0 Å². The second kappa shape index (κ2) is 8.40. The van der Waals surface area contributed by atoms with Crippen molar-refractivity contribution < 1.29 is 17.9 Å². The van der Waals surface area contributed by atoms with Gasteiger partial charge in [0.1, 0.15) is 12.4 Å². The van der Waals surface area contributed by atoms with E-state index in [1.54, 1.807) is 0 Å². The molecule has 0 heterocycles. The van der Waals surface area contributed by atoms with Gasteiger partial charge in [0.15, 0.2) is 0 Å². The van der Waals surface area contributed by atoms with Crippen molar-refractivity contribution in [3.8, 4) is 5.75 Å². The van der Waals surface area contributed by atoms with Crippen molar-refractivity contribution in [1.29, 1.82) is 0 Å². The van der Waals surface area contributed by atoms with Crippen molar-refractivity contribution in [1.82, 2.24) is 0 Å². The Bertz CT molecular complexity index is 891. The summed E-state index contributed by atoms with van der Waals surface area (Å²) in [6.45, 7) is 0.478. The quantitative estimate of drug-likeness (QED) is 0.444. The molecule has 1 N–H and O–H groups in total. The summed E-state index contributed by atoms with van der Waals surface area (Å²) >= 11 is 0. The number of hydrogen-bond donors (Lipinski definition) is 1. The molecule has 0 fully saturated rings. The molecule has 3 aromatic carbocycles. The zero-order valence-electron chi connectivity index (χ0n) is 14.3. The van der Waals surface area contributed by atoms with Crippen LogP contribution in [0.2, 0.25) is 0 Å². The van der Waals surface area contributed by atoms with Crippen molar-refractivity contribution in [2.75, 3.05) is 5.43 Å². The Labute approximate surface area is 155 Å². The summed E-state index contributed by atoms with van der Waals surface area (Å²) in [6, 6.07) is 22.0. The molecule has 27 heavy (non-hydrogen) atoms. The third-order valence-corrected chi connectivity index (χ3v) is 3.73. The van der Waals surface area contributed by atoms with Crippen LogP contribution < -0.4 is 10.2 Å². The van der Waals surface area contributed by atoms with E-state index in [4.69, 9.17) is 4.74 Å². The number of nitrogens with one attached hydrogen (secondary N) is 1. The Morgan fingerprint density at radius 1 is 0.889 bits per heavy atom. The van der Waals surface area contributed by atoms with Crippen LogP contribution in [-0.4, -0.2) is 6.21 Å². The molecule has 0 aliphatic carbocycles. The SMILES string of the molecule is FC(F)(F)c1cccc(NN=Cc2ccc(OCc3ccccc3)cc2)c1. The van der Waals surface area contributed by atoms with E-state index in [-0.39, 0.29) is 5.69 Å². The van der Waals surface area contributed by atoms with Gasteiger partial charge in [-0.25, -0.2) is 0 Å². The zero-order chi connectivity index (χ0) is 19.1. The number of anilines is 1. The maximum atomic E-state index is 12.7. The lowest BCUT2D eigenvalue weighted by Crippen LogP contribution is -2.05. The summed E-state index contributed by atoms with van der Waals surface area (Å²) < 4.78 is 43.8. The van der Waals surface area contributed by atoms with E-state index < -0.39 is 11.7 Å². The number of rotatable bonds is 6. The molecule has 0 bridgehead atoms. The van der Waals surface area contributed by atoms with Gasteiger partial charge in [-0.3, -0.25) is 5.43 Å². The van der Waals surface area contributed by atoms with Gasteiger partial charge < -0.3 is 4.74 Å². The first-order valence-corrected chi connectivity index (χ1v) is 8.24. The van der Waals surface area contributed by atoms with Gasteiger partial charge in [0.25, 0.3) is 0 Å². The fourth-order valence-electron chi connectivity index (χ4n) is 2.34. The van der Waals surface area contributed by atoms with Crippen LogP contribution in [0.25, 0.3) is 0 Å². The topological polar surface area (TPSA) is 33.6 Å². The molecule has 0 spiro atoms. The fourth-order valence-corrected chi connectivity index (χ4v) is 2.34. The first-order valence-electron chi connectivity index (χ1n) is 8.24. The smallest absolute Gasteiger partial charge is 0.416 e. The normalized spacial score (nSPS) is 11.5. The van der Waals surface area contributed by atoms with Crippen LogP contribution in [-0.2, 0) is 12.8 Å². The predicted molar refractivity (Wildman–Crippen MR) is 99.9 cm³/mol.